The summed E-state index contributed by atoms with van der Waals surface area (Å²) in [5, 5.41) is 7.32. The zero-order valence-corrected chi connectivity index (χ0v) is 12.1. The van der Waals surface area contributed by atoms with Crippen LogP contribution in [0.2, 0.25) is 0 Å². The fourth-order valence-corrected chi connectivity index (χ4v) is 4.22. The SMILES string of the molecule is O=NC12CCCCC1CCCC2NCc1ccccc1. The second kappa shape index (κ2) is 6.04. The van der Waals surface area contributed by atoms with Gasteiger partial charge in [0.2, 0.25) is 0 Å². The Kier molecular flexibility index (Phi) is 4.16. The number of nitroso groups, excluding NO2 is 1. The molecular formula is C17H24N2O. The van der Waals surface area contributed by atoms with Gasteiger partial charge in [0.1, 0.15) is 5.54 Å². The van der Waals surface area contributed by atoms with Gasteiger partial charge in [0.05, 0.1) is 0 Å². The summed E-state index contributed by atoms with van der Waals surface area (Å²) in [7, 11) is 0. The van der Waals surface area contributed by atoms with Crippen molar-refractivity contribution in [3.8, 4) is 0 Å². The fourth-order valence-electron chi connectivity index (χ4n) is 4.22. The Morgan fingerprint density at radius 1 is 1.10 bits per heavy atom. The summed E-state index contributed by atoms with van der Waals surface area (Å²) >= 11 is 0. The number of rotatable bonds is 4. The molecule has 0 amide bonds. The summed E-state index contributed by atoms with van der Waals surface area (Å²) in [6.07, 6.45) is 8.11. The minimum absolute atomic E-state index is 0.263. The molecule has 3 nitrogen and oxygen atoms in total. The van der Waals surface area contributed by atoms with Crippen LogP contribution in [0.25, 0.3) is 0 Å². The molecule has 3 heteroatoms. The molecule has 2 aliphatic carbocycles. The lowest BCUT2D eigenvalue weighted by atomic mass is 9.63. The summed E-state index contributed by atoms with van der Waals surface area (Å²) in [6, 6.07) is 10.7. The average molecular weight is 272 g/mol. The van der Waals surface area contributed by atoms with Gasteiger partial charge in [0.25, 0.3) is 0 Å². The molecule has 0 saturated heterocycles. The quantitative estimate of drug-likeness (QED) is 0.841. The Bertz CT molecular complexity index is 446. The van der Waals surface area contributed by atoms with E-state index in [1.54, 1.807) is 0 Å². The van der Waals surface area contributed by atoms with Crippen molar-refractivity contribution in [2.24, 2.45) is 11.1 Å². The summed E-state index contributed by atoms with van der Waals surface area (Å²) in [6.45, 7) is 0.843. The molecular weight excluding hydrogens is 248 g/mol. The second-order valence-corrected chi connectivity index (χ2v) is 6.38. The Morgan fingerprint density at radius 3 is 2.70 bits per heavy atom. The smallest absolute Gasteiger partial charge is 0.121 e. The number of nitrogens with one attached hydrogen (secondary N) is 1. The summed E-state index contributed by atoms with van der Waals surface area (Å²) in [4.78, 5) is 11.6. The van der Waals surface area contributed by atoms with E-state index in [1.807, 2.05) is 6.07 Å². The van der Waals surface area contributed by atoms with E-state index in [0.29, 0.717) is 5.92 Å². The first-order valence-electron chi connectivity index (χ1n) is 7.97. The number of fused-ring (bicyclic) bond motifs is 1. The highest BCUT2D eigenvalue weighted by molar-refractivity contribution is 5.15. The van der Waals surface area contributed by atoms with E-state index in [0.717, 1.165) is 25.8 Å². The first-order chi connectivity index (χ1) is 9.85. The van der Waals surface area contributed by atoms with Crippen molar-refractivity contribution in [3.05, 3.63) is 40.8 Å². The maximum atomic E-state index is 11.6. The predicted octanol–water partition coefficient (Wildman–Crippen LogP) is 4.02. The van der Waals surface area contributed by atoms with Gasteiger partial charge in [-0.3, -0.25) is 0 Å². The molecule has 0 aliphatic heterocycles. The van der Waals surface area contributed by atoms with Crippen LogP contribution in [0.3, 0.4) is 0 Å². The van der Waals surface area contributed by atoms with Crippen LogP contribution >= 0.6 is 0 Å². The number of nitrogens with zero attached hydrogens (tertiary/aromatic N) is 1. The van der Waals surface area contributed by atoms with E-state index in [1.165, 1.54) is 31.2 Å². The standard InChI is InChI=1S/C17H24N2O/c20-19-17-12-5-4-9-15(17)10-6-11-16(17)18-13-14-7-2-1-3-8-14/h1-3,7-8,15-16,18H,4-6,9-13H2. The van der Waals surface area contributed by atoms with Crippen LogP contribution in [0.5, 0.6) is 0 Å². The van der Waals surface area contributed by atoms with E-state index in [-0.39, 0.29) is 11.6 Å². The maximum absolute atomic E-state index is 11.6. The van der Waals surface area contributed by atoms with E-state index < -0.39 is 0 Å². The molecule has 3 rings (SSSR count). The summed E-state index contributed by atoms with van der Waals surface area (Å²) in [5.74, 6) is 0.510. The highest BCUT2D eigenvalue weighted by atomic mass is 16.3. The highest BCUT2D eigenvalue weighted by Crippen LogP contribution is 2.46. The minimum atomic E-state index is -0.328. The van der Waals surface area contributed by atoms with Crippen molar-refractivity contribution < 1.29 is 0 Å². The summed E-state index contributed by atoms with van der Waals surface area (Å²) < 4.78 is 0. The first-order valence-corrected chi connectivity index (χ1v) is 7.97. The molecule has 2 fully saturated rings. The number of hydrogen-bond donors (Lipinski definition) is 1. The van der Waals surface area contributed by atoms with Gasteiger partial charge in [-0.25, -0.2) is 0 Å². The van der Waals surface area contributed by atoms with Crippen molar-refractivity contribution in [3.63, 3.8) is 0 Å². The van der Waals surface area contributed by atoms with Gasteiger partial charge in [-0.05, 0) is 37.2 Å². The maximum Gasteiger partial charge on any atom is 0.121 e. The monoisotopic (exact) mass is 272 g/mol. The molecule has 1 aromatic rings. The molecule has 0 bridgehead atoms. The minimum Gasteiger partial charge on any atom is -0.307 e. The fraction of sp³-hybridized carbons (Fsp3) is 0.647. The van der Waals surface area contributed by atoms with Crippen LogP contribution in [0.1, 0.15) is 50.5 Å². The van der Waals surface area contributed by atoms with Crippen molar-refractivity contribution in [1.29, 1.82) is 0 Å². The molecule has 1 N–H and O–H groups in total. The molecule has 3 atom stereocenters. The van der Waals surface area contributed by atoms with Crippen molar-refractivity contribution >= 4 is 0 Å². The molecule has 2 aliphatic rings. The molecule has 20 heavy (non-hydrogen) atoms. The average Bonchev–Trinajstić information content (AvgIpc) is 2.53. The Labute approximate surface area is 121 Å². The highest BCUT2D eigenvalue weighted by Gasteiger charge is 2.50. The normalized spacial score (nSPS) is 33.4. The predicted molar refractivity (Wildman–Crippen MR) is 81.4 cm³/mol. The topological polar surface area (TPSA) is 41.5 Å². The molecule has 0 radical (unpaired) electrons. The molecule has 2 saturated carbocycles. The lowest BCUT2D eigenvalue weighted by molar-refractivity contribution is 0.0890. The van der Waals surface area contributed by atoms with Crippen LogP contribution in [-0.2, 0) is 6.54 Å². The van der Waals surface area contributed by atoms with Gasteiger partial charge in [0, 0.05) is 12.6 Å². The Hall–Kier alpha value is -1.22. The zero-order valence-electron chi connectivity index (χ0n) is 12.1. The largest absolute Gasteiger partial charge is 0.307 e. The van der Waals surface area contributed by atoms with Crippen molar-refractivity contribution in [2.75, 3.05) is 0 Å². The van der Waals surface area contributed by atoms with Crippen molar-refractivity contribution in [2.45, 2.75) is 63.1 Å². The number of hydrogen-bond acceptors (Lipinski definition) is 3. The van der Waals surface area contributed by atoms with Crippen LogP contribution in [0, 0.1) is 10.8 Å². The van der Waals surface area contributed by atoms with Crippen LogP contribution in [0.15, 0.2) is 35.5 Å². The van der Waals surface area contributed by atoms with Gasteiger partial charge in [-0.15, -0.1) is 0 Å². The van der Waals surface area contributed by atoms with Gasteiger partial charge >= 0.3 is 0 Å². The molecule has 108 valence electrons. The van der Waals surface area contributed by atoms with E-state index in [9.17, 15) is 4.91 Å². The second-order valence-electron chi connectivity index (χ2n) is 6.38. The van der Waals surface area contributed by atoms with Gasteiger partial charge in [-0.1, -0.05) is 54.8 Å². The van der Waals surface area contributed by atoms with E-state index in [2.05, 4.69) is 34.8 Å². The van der Waals surface area contributed by atoms with Gasteiger partial charge in [-0.2, -0.15) is 4.91 Å². The van der Waals surface area contributed by atoms with Crippen molar-refractivity contribution in [1.82, 2.24) is 5.32 Å². The zero-order chi connectivity index (χ0) is 13.8. The van der Waals surface area contributed by atoms with Gasteiger partial charge < -0.3 is 5.32 Å². The van der Waals surface area contributed by atoms with Crippen LogP contribution < -0.4 is 5.32 Å². The Morgan fingerprint density at radius 2 is 1.90 bits per heavy atom. The third-order valence-electron chi connectivity index (χ3n) is 5.30. The molecule has 1 aromatic carbocycles. The first kappa shape index (κ1) is 13.7. The van der Waals surface area contributed by atoms with Gasteiger partial charge in [0.15, 0.2) is 0 Å². The molecule has 0 spiro atoms. The van der Waals surface area contributed by atoms with Crippen LogP contribution in [-0.4, -0.2) is 11.6 Å². The molecule has 3 unspecified atom stereocenters. The van der Waals surface area contributed by atoms with Crippen LogP contribution in [0.4, 0.5) is 0 Å². The molecule has 0 aromatic heterocycles. The van der Waals surface area contributed by atoms with E-state index >= 15 is 0 Å². The Balaban J connectivity index is 1.71. The summed E-state index contributed by atoms with van der Waals surface area (Å²) in [5.41, 5.74) is 0.956. The number of benzene rings is 1. The molecule has 0 heterocycles. The third-order valence-corrected chi connectivity index (χ3v) is 5.30. The third kappa shape index (κ3) is 2.51. The van der Waals surface area contributed by atoms with E-state index in [4.69, 9.17) is 0 Å². The lowest BCUT2D eigenvalue weighted by Crippen LogP contribution is -2.57. The lowest BCUT2D eigenvalue weighted by Gasteiger charge is -2.47.